The molecule has 0 N–H and O–H groups in total. The predicted octanol–water partition coefficient (Wildman–Crippen LogP) is 1.54. The molecule has 0 spiro atoms. The molecule has 0 saturated carbocycles. The van der Waals surface area contributed by atoms with Crippen LogP contribution in [0, 0.1) is 19.8 Å². The maximum atomic E-state index is 4.51. The van der Waals surface area contributed by atoms with Gasteiger partial charge in [-0.2, -0.15) is 19.7 Å². The van der Waals surface area contributed by atoms with Gasteiger partial charge in [0.15, 0.2) is 0 Å². The molecule has 7 nitrogen and oxygen atoms in total. The van der Waals surface area contributed by atoms with E-state index in [0.717, 1.165) is 31.0 Å². The van der Waals surface area contributed by atoms with Crippen molar-refractivity contribution in [3.05, 3.63) is 35.5 Å². The molecule has 3 aromatic rings. The zero-order valence-electron chi connectivity index (χ0n) is 13.8. The average Bonchev–Trinajstić information content (AvgIpc) is 3.23. The van der Waals surface area contributed by atoms with Gasteiger partial charge in [0, 0.05) is 37.6 Å². The minimum Gasteiger partial charge on any atom is -0.356 e. The summed E-state index contributed by atoms with van der Waals surface area (Å²) in [6, 6.07) is 0. The first kappa shape index (κ1) is 14.2. The zero-order chi connectivity index (χ0) is 16.0. The molecule has 1 saturated heterocycles. The number of hydrogen-bond acceptors (Lipinski definition) is 5. The Bertz CT molecular complexity index is 847. The second kappa shape index (κ2) is 5.33. The van der Waals surface area contributed by atoms with E-state index in [1.165, 1.54) is 17.5 Å². The van der Waals surface area contributed by atoms with Crippen LogP contribution in [0.4, 0.5) is 5.82 Å². The molecule has 0 aliphatic carbocycles. The Labute approximate surface area is 135 Å². The summed E-state index contributed by atoms with van der Waals surface area (Å²) in [5.41, 5.74) is 3.52. The fourth-order valence-corrected chi connectivity index (χ4v) is 3.49. The van der Waals surface area contributed by atoms with Crippen LogP contribution in [0.3, 0.4) is 0 Å². The van der Waals surface area contributed by atoms with Gasteiger partial charge in [0.1, 0.15) is 12.1 Å². The van der Waals surface area contributed by atoms with Gasteiger partial charge in [-0.05, 0) is 38.2 Å². The van der Waals surface area contributed by atoms with E-state index in [9.17, 15) is 0 Å². The summed E-state index contributed by atoms with van der Waals surface area (Å²) in [6.45, 7) is 6.24. The average molecular weight is 311 g/mol. The summed E-state index contributed by atoms with van der Waals surface area (Å²) < 4.78 is 3.74. The Morgan fingerprint density at radius 1 is 1.26 bits per heavy atom. The lowest BCUT2D eigenvalue weighted by Gasteiger charge is -2.22. The van der Waals surface area contributed by atoms with Gasteiger partial charge in [0.05, 0.1) is 6.20 Å². The summed E-state index contributed by atoms with van der Waals surface area (Å²) >= 11 is 0. The van der Waals surface area contributed by atoms with E-state index in [1.807, 2.05) is 29.4 Å². The quantitative estimate of drug-likeness (QED) is 0.734. The first-order chi connectivity index (χ1) is 11.1. The number of anilines is 1. The minimum atomic E-state index is 0.644. The molecule has 3 aromatic heterocycles. The van der Waals surface area contributed by atoms with Gasteiger partial charge in [-0.1, -0.05) is 0 Å². The van der Waals surface area contributed by atoms with Crippen LogP contribution < -0.4 is 4.90 Å². The maximum absolute atomic E-state index is 4.51. The molecular formula is C16H21N7. The van der Waals surface area contributed by atoms with Crippen molar-refractivity contribution < 1.29 is 0 Å². The van der Waals surface area contributed by atoms with Gasteiger partial charge in [0.2, 0.25) is 0 Å². The van der Waals surface area contributed by atoms with E-state index in [0.29, 0.717) is 11.7 Å². The van der Waals surface area contributed by atoms with E-state index >= 15 is 0 Å². The van der Waals surface area contributed by atoms with Crippen LogP contribution in [0.5, 0.6) is 0 Å². The van der Waals surface area contributed by atoms with Crippen LogP contribution in [0.2, 0.25) is 0 Å². The Kier molecular flexibility index (Phi) is 3.28. The van der Waals surface area contributed by atoms with Crippen LogP contribution in [0.1, 0.15) is 23.2 Å². The number of aryl methyl sites for hydroxylation is 2. The molecule has 1 aliphatic rings. The van der Waals surface area contributed by atoms with Gasteiger partial charge in [-0.25, -0.2) is 4.98 Å². The van der Waals surface area contributed by atoms with Crippen molar-refractivity contribution in [3.8, 4) is 0 Å². The minimum absolute atomic E-state index is 0.644. The smallest absolute Gasteiger partial charge is 0.254 e. The van der Waals surface area contributed by atoms with E-state index in [2.05, 4.69) is 38.2 Å². The molecule has 0 bridgehead atoms. The third-order valence-electron chi connectivity index (χ3n) is 4.74. The summed E-state index contributed by atoms with van der Waals surface area (Å²) in [4.78, 5) is 11.2. The Hall–Kier alpha value is -2.44. The highest BCUT2D eigenvalue weighted by Gasteiger charge is 2.27. The molecular weight excluding hydrogens is 290 g/mol. The predicted molar refractivity (Wildman–Crippen MR) is 87.5 cm³/mol. The number of hydrogen-bond donors (Lipinski definition) is 0. The summed E-state index contributed by atoms with van der Waals surface area (Å²) in [6.07, 6.45) is 7.92. The lowest BCUT2D eigenvalue weighted by Crippen LogP contribution is -2.25. The summed E-state index contributed by atoms with van der Waals surface area (Å²) in [7, 11) is 1.97. The molecule has 0 aromatic carbocycles. The van der Waals surface area contributed by atoms with Crippen molar-refractivity contribution in [3.63, 3.8) is 0 Å². The van der Waals surface area contributed by atoms with Crippen LogP contribution in [0.15, 0.2) is 18.7 Å². The van der Waals surface area contributed by atoms with Crippen LogP contribution in [0.25, 0.3) is 5.78 Å². The Morgan fingerprint density at radius 2 is 2.13 bits per heavy atom. The van der Waals surface area contributed by atoms with Crippen LogP contribution in [-0.4, -0.2) is 42.5 Å². The summed E-state index contributed by atoms with van der Waals surface area (Å²) in [5.74, 6) is 2.46. The van der Waals surface area contributed by atoms with E-state index < -0.39 is 0 Å². The molecule has 1 fully saturated rings. The highest BCUT2D eigenvalue weighted by Crippen LogP contribution is 2.29. The van der Waals surface area contributed by atoms with Crippen LogP contribution >= 0.6 is 0 Å². The van der Waals surface area contributed by atoms with Crippen molar-refractivity contribution in [2.45, 2.75) is 26.7 Å². The first-order valence-corrected chi connectivity index (χ1v) is 8.01. The standard InChI is InChI=1S/C16H21N7/c1-11-12(2)20-16-17-10-19-23(16)15(11)22-5-4-13(9-22)6-14-7-18-21(3)8-14/h7-8,10,13H,4-6,9H2,1-3H3. The molecule has 23 heavy (non-hydrogen) atoms. The topological polar surface area (TPSA) is 64.1 Å². The largest absolute Gasteiger partial charge is 0.356 e. The molecule has 120 valence electrons. The van der Waals surface area contributed by atoms with E-state index in [-0.39, 0.29) is 0 Å². The van der Waals surface area contributed by atoms with Crippen molar-refractivity contribution in [1.82, 2.24) is 29.4 Å². The number of rotatable bonds is 3. The Balaban J connectivity index is 1.60. The van der Waals surface area contributed by atoms with Gasteiger partial charge in [0.25, 0.3) is 5.78 Å². The fourth-order valence-electron chi connectivity index (χ4n) is 3.49. The fraction of sp³-hybridized carbons (Fsp3) is 0.500. The zero-order valence-corrected chi connectivity index (χ0v) is 13.8. The molecule has 0 radical (unpaired) electrons. The molecule has 1 unspecified atom stereocenters. The molecule has 7 heteroatoms. The third kappa shape index (κ3) is 2.46. The first-order valence-electron chi connectivity index (χ1n) is 8.01. The third-order valence-corrected chi connectivity index (χ3v) is 4.74. The highest BCUT2D eigenvalue weighted by molar-refractivity contribution is 5.54. The SMILES string of the molecule is Cc1nc2ncnn2c(N2CCC(Cc3cnn(C)c3)C2)c1C. The van der Waals surface area contributed by atoms with E-state index in [1.54, 1.807) is 6.33 Å². The van der Waals surface area contributed by atoms with Crippen LogP contribution in [-0.2, 0) is 13.5 Å². The number of fused-ring (bicyclic) bond motifs is 1. The number of aromatic nitrogens is 6. The second-order valence-corrected chi connectivity index (χ2v) is 6.44. The van der Waals surface area contributed by atoms with Gasteiger partial charge in [-0.3, -0.25) is 4.68 Å². The lowest BCUT2D eigenvalue weighted by atomic mass is 10.0. The van der Waals surface area contributed by atoms with E-state index in [4.69, 9.17) is 0 Å². The lowest BCUT2D eigenvalue weighted by molar-refractivity contribution is 0.585. The summed E-state index contributed by atoms with van der Waals surface area (Å²) in [5, 5.41) is 8.63. The van der Waals surface area contributed by atoms with Gasteiger partial charge >= 0.3 is 0 Å². The van der Waals surface area contributed by atoms with Gasteiger partial charge in [-0.15, -0.1) is 0 Å². The van der Waals surface area contributed by atoms with Crippen molar-refractivity contribution in [2.24, 2.45) is 13.0 Å². The molecule has 4 heterocycles. The molecule has 4 rings (SSSR count). The van der Waals surface area contributed by atoms with Crippen molar-refractivity contribution in [1.29, 1.82) is 0 Å². The number of nitrogens with zero attached hydrogens (tertiary/aromatic N) is 7. The molecule has 0 amide bonds. The second-order valence-electron chi connectivity index (χ2n) is 6.44. The normalized spacial score (nSPS) is 18.2. The molecule has 1 atom stereocenters. The maximum Gasteiger partial charge on any atom is 0.254 e. The Morgan fingerprint density at radius 3 is 2.91 bits per heavy atom. The molecule has 1 aliphatic heterocycles. The van der Waals surface area contributed by atoms with Crippen molar-refractivity contribution >= 4 is 11.6 Å². The monoisotopic (exact) mass is 311 g/mol. The van der Waals surface area contributed by atoms with Crippen molar-refractivity contribution in [2.75, 3.05) is 18.0 Å². The van der Waals surface area contributed by atoms with Gasteiger partial charge < -0.3 is 4.90 Å². The highest BCUT2D eigenvalue weighted by atomic mass is 15.4.